The summed E-state index contributed by atoms with van der Waals surface area (Å²) in [5.41, 5.74) is 9.25. The van der Waals surface area contributed by atoms with Gasteiger partial charge in [0.25, 0.3) is 0 Å². The van der Waals surface area contributed by atoms with E-state index in [1.165, 1.54) is 4.68 Å². The molecule has 0 atom stereocenters. The number of nitrogens with zero attached hydrogens (tertiary/aromatic N) is 5. The number of hydrogen-bond donors (Lipinski definition) is 1. The van der Waals surface area contributed by atoms with E-state index in [1.54, 1.807) is 0 Å². The van der Waals surface area contributed by atoms with E-state index < -0.39 is 11.6 Å². The van der Waals surface area contributed by atoms with E-state index in [0.717, 1.165) is 53.9 Å². The number of fused-ring (bicyclic) bond motifs is 1. The van der Waals surface area contributed by atoms with Crippen LogP contribution in [0.15, 0.2) is 42.5 Å². The lowest BCUT2D eigenvalue weighted by Crippen LogP contribution is -2.33. The zero-order valence-corrected chi connectivity index (χ0v) is 17.7. The normalized spacial score (nSPS) is 14.4. The summed E-state index contributed by atoms with van der Waals surface area (Å²) in [6, 6.07) is 11.1. The van der Waals surface area contributed by atoms with E-state index in [1.807, 2.05) is 43.0 Å². The summed E-state index contributed by atoms with van der Waals surface area (Å²) >= 11 is 1.89. The van der Waals surface area contributed by atoms with Gasteiger partial charge in [-0.15, -0.1) is 5.10 Å². The van der Waals surface area contributed by atoms with Crippen LogP contribution < -0.4 is 10.6 Å². The maximum absolute atomic E-state index is 14.5. The van der Waals surface area contributed by atoms with Crippen LogP contribution >= 0.6 is 11.8 Å². The highest BCUT2D eigenvalue weighted by Gasteiger charge is 2.23. The van der Waals surface area contributed by atoms with Crippen molar-refractivity contribution in [3.05, 3.63) is 59.7 Å². The summed E-state index contributed by atoms with van der Waals surface area (Å²) in [7, 11) is 0. The summed E-state index contributed by atoms with van der Waals surface area (Å²) in [5.74, 6) is 1.51. The molecule has 0 saturated carbocycles. The lowest BCUT2D eigenvalue weighted by atomic mass is 10.1. The molecule has 4 aromatic rings. The van der Waals surface area contributed by atoms with Gasteiger partial charge in [-0.25, -0.2) is 18.4 Å². The van der Waals surface area contributed by atoms with Crippen molar-refractivity contribution in [2.45, 2.75) is 6.92 Å². The fourth-order valence-corrected chi connectivity index (χ4v) is 4.64. The number of aromatic nitrogens is 4. The van der Waals surface area contributed by atoms with Crippen LogP contribution in [0.2, 0.25) is 0 Å². The molecule has 158 valence electrons. The van der Waals surface area contributed by atoms with Crippen LogP contribution in [0.5, 0.6) is 0 Å². The molecule has 0 spiro atoms. The highest BCUT2D eigenvalue weighted by Crippen LogP contribution is 2.34. The first kappa shape index (κ1) is 19.7. The van der Waals surface area contributed by atoms with Gasteiger partial charge in [-0.2, -0.15) is 16.7 Å². The molecule has 2 N–H and O–H groups in total. The number of thioether (sulfide) groups is 1. The number of aryl methyl sites for hydroxylation is 1. The van der Waals surface area contributed by atoms with Crippen LogP contribution in [0.4, 0.5) is 20.5 Å². The van der Waals surface area contributed by atoms with Crippen LogP contribution in [0.3, 0.4) is 0 Å². The first-order chi connectivity index (χ1) is 15.0. The molecule has 1 aliphatic heterocycles. The Hall–Kier alpha value is -3.20. The second-order valence-corrected chi connectivity index (χ2v) is 8.66. The quantitative estimate of drug-likeness (QED) is 0.517. The van der Waals surface area contributed by atoms with Crippen molar-refractivity contribution < 1.29 is 8.78 Å². The first-order valence-corrected chi connectivity index (χ1v) is 11.1. The maximum atomic E-state index is 14.5. The predicted molar refractivity (Wildman–Crippen MR) is 121 cm³/mol. The average Bonchev–Trinajstić information content (AvgIpc) is 3.11. The van der Waals surface area contributed by atoms with Gasteiger partial charge in [0, 0.05) is 36.2 Å². The number of nitrogens with two attached hydrogens (primary N) is 1. The highest BCUT2D eigenvalue weighted by molar-refractivity contribution is 7.99. The van der Waals surface area contributed by atoms with Gasteiger partial charge in [-0.1, -0.05) is 23.8 Å². The molecule has 1 saturated heterocycles. The standard InChI is InChI=1S/C22H20F2N6S/c1-13-3-2-4-14(11-13)19-18-20(25)30(17-12-15(23)5-6-16(17)24)28-21(18)27-22(26-19)29-7-9-31-10-8-29/h2-6,11-12H,7-10,25H2,1H3. The number of anilines is 2. The molecule has 0 amide bonds. The Morgan fingerprint density at radius 1 is 1.03 bits per heavy atom. The van der Waals surface area contributed by atoms with Crippen molar-refractivity contribution in [3.63, 3.8) is 0 Å². The Labute approximate surface area is 182 Å². The van der Waals surface area contributed by atoms with Crippen molar-refractivity contribution in [1.82, 2.24) is 19.7 Å². The molecule has 1 fully saturated rings. The van der Waals surface area contributed by atoms with E-state index in [2.05, 4.69) is 15.0 Å². The van der Waals surface area contributed by atoms with E-state index in [0.29, 0.717) is 22.7 Å². The van der Waals surface area contributed by atoms with E-state index >= 15 is 0 Å². The van der Waals surface area contributed by atoms with Gasteiger partial charge in [0.05, 0.1) is 11.1 Å². The highest BCUT2D eigenvalue weighted by atomic mass is 32.2. The minimum Gasteiger partial charge on any atom is -0.383 e. The fourth-order valence-electron chi connectivity index (χ4n) is 3.74. The third-order valence-corrected chi connectivity index (χ3v) is 6.22. The second kappa shape index (κ2) is 7.81. The Morgan fingerprint density at radius 3 is 2.61 bits per heavy atom. The van der Waals surface area contributed by atoms with Crippen molar-refractivity contribution in [1.29, 1.82) is 0 Å². The molecule has 6 nitrogen and oxygen atoms in total. The van der Waals surface area contributed by atoms with Gasteiger partial charge in [0.2, 0.25) is 5.95 Å². The number of benzene rings is 2. The molecule has 2 aromatic heterocycles. The fraction of sp³-hybridized carbons (Fsp3) is 0.227. The lowest BCUT2D eigenvalue weighted by Gasteiger charge is -2.26. The largest absolute Gasteiger partial charge is 0.383 e. The third kappa shape index (κ3) is 3.59. The zero-order valence-electron chi connectivity index (χ0n) is 16.8. The van der Waals surface area contributed by atoms with E-state index in [9.17, 15) is 8.78 Å². The van der Waals surface area contributed by atoms with Gasteiger partial charge in [-0.05, 0) is 25.1 Å². The smallest absolute Gasteiger partial charge is 0.228 e. The molecule has 2 aromatic carbocycles. The Balaban J connectivity index is 1.77. The molecule has 9 heteroatoms. The SMILES string of the molecule is Cc1cccc(-c2nc(N3CCSCC3)nc3nn(-c4cc(F)ccc4F)c(N)c23)c1. The van der Waals surface area contributed by atoms with Gasteiger partial charge in [-0.3, -0.25) is 0 Å². The van der Waals surface area contributed by atoms with Crippen molar-refractivity contribution >= 4 is 34.6 Å². The van der Waals surface area contributed by atoms with Crippen molar-refractivity contribution in [2.24, 2.45) is 0 Å². The van der Waals surface area contributed by atoms with Gasteiger partial charge in [0.15, 0.2) is 5.65 Å². The minimum atomic E-state index is -0.626. The van der Waals surface area contributed by atoms with Crippen LogP contribution in [-0.2, 0) is 0 Å². The topological polar surface area (TPSA) is 72.9 Å². The number of rotatable bonds is 3. The third-order valence-electron chi connectivity index (χ3n) is 5.28. The van der Waals surface area contributed by atoms with Crippen LogP contribution in [0.25, 0.3) is 28.0 Å². The molecule has 5 rings (SSSR count). The Morgan fingerprint density at radius 2 is 1.84 bits per heavy atom. The van der Waals surface area contributed by atoms with Crippen LogP contribution in [-0.4, -0.2) is 44.3 Å². The molecule has 0 bridgehead atoms. The lowest BCUT2D eigenvalue weighted by molar-refractivity contribution is 0.588. The number of halogens is 2. The number of hydrogen-bond acceptors (Lipinski definition) is 6. The second-order valence-electron chi connectivity index (χ2n) is 7.43. The van der Waals surface area contributed by atoms with Crippen molar-refractivity contribution in [3.8, 4) is 16.9 Å². The predicted octanol–water partition coefficient (Wildman–Crippen LogP) is 4.20. The monoisotopic (exact) mass is 438 g/mol. The van der Waals surface area contributed by atoms with Crippen LogP contribution in [0, 0.1) is 18.6 Å². The Kier molecular flexibility index (Phi) is 4.97. The minimum absolute atomic E-state index is 0.0679. The van der Waals surface area contributed by atoms with Gasteiger partial charge in [0.1, 0.15) is 23.1 Å². The molecule has 3 heterocycles. The Bertz CT molecular complexity index is 1280. The summed E-state index contributed by atoms with van der Waals surface area (Å²) in [5, 5.41) is 4.97. The molecular weight excluding hydrogens is 418 g/mol. The van der Waals surface area contributed by atoms with E-state index in [-0.39, 0.29) is 11.5 Å². The summed E-state index contributed by atoms with van der Waals surface area (Å²) in [4.78, 5) is 11.6. The molecule has 1 aliphatic rings. The summed E-state index contributed by atoms with van der Waals surface area (Å²) < 4.78 is 29.5. The maximum Gasteiger partial charge on any atom is 0.228 e. The van der Waals surface area contributed by atoms with Gasteiger partial charge >= 0.3 is 0 Å². The average molecular weight is 439 g/mol. The zero-order chi connectivity index (χ0) is 21.5. The van der Waals surface area contributed by atoms with Gasteiger partial charge < -0.3 is 10.6 Å². The number of nitrogen functional groups attached to an aromatic ring is 1. The first-order valence-electron chi connectivity index (χ1n) is 9.92. The molecular formula is C22H20F2N6S. The van der Waals surface area contributed by atoms with Crippen molar-refractivity contribution in [2.75, 3.05) is 35.2 Å². The molecule has 0 unspecified atom stereocenters. The summed E-state index contributed by atoms with van der Waals surface area (Å²) in [6.07, 6.45) is 0. The molecule has 0 radical (unpaired) electrons. The summed E-state index contributed by atoms with van der Waals surface area (Å²) in [6.45, 7) is 3.66. The molecule has 0 aliphatic carbocycles. The van der Waals surface area contributed by atoms with Crippen LogP contribution in [0.1, 0.15) is 5.56 Å². The molecule has 31 heavy (non-hydrogen) atoms. The van der Waals surface area contributed by atoms with E-state index in [4.69, 9.17) is 10.7 Å².